The highest BCUT2D eigenvalue weighted by Gasteiger charge is 2.09. The fraction of sp³-hybridized carbons (Fsp3) is 0.385. The molecular weight excluding hydrogens is 298 g/mol. The lowest BCUT2D eigenvalue weighted by molar-refractivity contribution is -0.138. The zero-order valence-corrected chi connectivity index (χ0v) is 11.7. The van der Waals surface area contributed by atoms with E-state index < -0.39 is 5.97 Å². The highest BCUT2D eigenvalue weighted by atomic mass is 79.9. The molecule has 0 heterocycles. The Kier molecular flexibility index (Phi) is 5.85. The minimum absolute atomic E-state index is 0.0611. The van der Waals surface area contributed by atoms with Crippen LogP contribution in [0.1, 0.15) is 18.9 Å². The summed E-state index contributed by atoms with van der Waals surface area (Å²) in [4.78, 5) is 22.1. The van der Waals surface area contributed by atoms with Crippen LogP contribution < -0.4 is 5.32 Å². The van der Waals surface area contributed by atoms with E-state index in [-0.39, 0.29) is 18.2 Å². The Balaban J connectivity index is 2.36. The minimum Gasteiger partial charge on any atom is -0.481 e. The minimum atomic E-state index is -0.844. The molecule has 1 atom stereocenters. The van der Waals surface area contributed by atoms with Crippen LogP contribution in [0.4, 0.5) is 0 Å². The van der Waals surface area contributed by atoms with Crippen molar-refractivity contribution in [2.45, 2.75) is 19.8 Å². The molecule has 0 aliphatic carbocycles. The van der Waals surface area contributed by atoms with Crippen molar-refractivity contribution in [2.24, 2.45) is 5.92 Å². The van der Waals surface area contributed by atoms with Crippen molar-refractivity contribution in [2.75, 3.05) is 6.54 Å². The van der Waals surface area contributed by atoms with E-state index in [4.69, 9.17) is 5.11 Å². The van der Waals surface area contributed by atoms with Gasteiger partial charge in [-0.15, -0.1) is 0 Å². The van der Waals surface area contributed by atoms with Crippen LogP contribution in [0, 0.1) is 5.92 Å². The first-order valence-electron chi connectivity index (χ1n) is 5.70. The fourth-order valence-electron chi connectivity index (χ4n) is 1.55. The summed E-state index contributed by atoms with van der Waals surface area (Å²) in [5, 5.41) is 11.3. The zero-order valence-electron chi connectivity index (χ0n) is 10.1. The molecule has 98 valence electrons. The summed E-state index contributed by atoms with van der Waals surface area (Å²) in [5.74, 6) is -0.997. The van der Waals surface area contributed by atoms with Crippen LogP contribution in [0.3, 0.4) is 0 Å². The number of amides is 1. The predicted octanol–water partition coefficient (Wildman–Crippen LogP) is 2.22. The molecular formula is C13H16BrNO3. The van der Waals surface area contributed by atoms with Gasteiger partial charge in [0.05, 0.1) is 6.42 Å². The number of carbonyl (C=O) groups excluding carboxylic acids is 1. The lowest BCUT2D eigenvalue weighted by Gasteiger charge is -2.10. The van der Waals surface area contributed by atoms with Gasteiger partial charge in [0.1, 0.15) is 0 Å². The molecule has 2 N–H and O–H groups in total. The average Bonchev–Trinajstić information content (AvgIpc) is 2.25. The number of nitrogens with one attached hydrogen (secondary N) is 1. The van der Waals surface area contributed by atoms with E-state index in [0.717, 1.165) is 10.0 Å². The summed E-state index contributed by atoms with van der Waals surface area (Å²) in [5.41, 5.74) is 0.924. The summed E-state index contributed by atoms with van der Waals surface area (Å²) >= 11 is 3.34. The lowest BCUT2D eigenvalue weighted by atomic mass is 10.1. The Morgan fingerprint density at radius 2 is 2.17 bits per heavy atom. The van der Waals surface area contributed by atoms with Crippen LogP contribution in [0.15, 0.2) is 28.7 Å². The number of aliphatic carboxylic acids is 1. The maximum Gasteiger partial charge on any atom is 0.303 e. The molecule has 5 heteroatoms. The van der Waals surface area contributed by atoms with Gasteiger partial charge in [0, 0.05) is 17.4 Å². The Labute approximate surface area is 115 Å². The van der Waals surface area contributed by atoms with Crippen molar-refractivity contribution >= 4 is 27.8 Å². The Morgan fingerprint density at radius 1 is 1.44 bits per heavy atom. The average molecular weight is 314 g/mol. The second-order valence-corrected chi connectivity index (χ2v) is 5.23. The highest BCUT2D eigenvalue weighted by molar-refractivity contribution is 9.10. The molecule has 0 saturated heterocycles. The summed E-state index contributed by atoms with van der Waals surface area (Å²) in [6.07, 6.45) is 0.371. The number of carboxylic acid groups (broad SMARTS) is 1. The van der Waals surface area contributed by atoms with Gasteiger partial charge < -0.3 is 10.4 Å². The van der Waals surface area contributed by atoms with Crippen LogP contribution in [0.2, 0.25) is 0 Å². The third kappa shape index (κ3) is 5.82. The molecule has 1 amide bonds. The van der Waals surface area contributed by atoms with E-state index in [1.807, 2.05) is 24.3 Å². The standard InChI is InChI=1S/C13H16BrNO3/c1-9(5-13(17)18)8-15-12(16)7-10-3-2-4-11(14)6-10/h2-4,6,9H,5,7-8H2,1H3,(H,15,16)(H,17,18). The number of halogens is 1. The number of carbonyl (C=O) groups is 2. The van der Waals surface area contributed by atoms with Crippen molar-refractivity contribution in [3.8, 4) is 0 Å². The Morgan fingerprint density at radius 3 is 2.78 bits per heavy atom. The van der Waals surface area contributed by atoms with Gasteiger partial charge >= 0.3 is 5.97 Å². The van der Waals surface area contributed by atoms with Gasteiger partial charge in [0.2, 0.25) is 5.91 Å². The monoisotopic (exact) mass is 313 g/mol. The van der Waals surface area contributed by atoms with E-state index >= 15 is 0 Å². The number of rotatable bonds is 6. The first-order chi connectivity index (χ1) is 8.47. The molecule has 0 radical (unpaired) electrons. The number of benzene rings is 1. The molecule has 0 fully saturated rings. The van der Waals surface area contributed by atoms with Crippen LogP contribution in [-0.2, 0) is 16.0 Å². The largest absolute Gasteiger partial charge is 0.481 e. The molecule has 1 unspecified atom stereocenters. The van der Waals surface area contributed by atoms with Crippen molar-refractivity contribution in [3.63, 3.8) is 0 Å². The predicted molar refractivity (Wildman–Crippen MR) is 72.3 cm³/mol. The smallest absolute Gasteiger partial charge is 0.303 e. The third-order valence-electron chi connectivity index (χ3n) is 2.42. The van der Waals surface area contributed by atoms with Crippen molar-refractivity contribution < 1.29 is 14.7 Å². The molecule has 0 aliphatic heterocycles. The van der Waals surface area contributed by atoms with Gasteiger partial charge in [-0.1, -0.05) is 35.0 Å². The van der Waals surface area contributed by atoms with Crippen LogP contribution >= 0.6 is 15.9 Å². The Hall–Kier alpha value is -1.36. The summed E-state index contributed by atoms with van der Waals surface area (Å²) in [6, 6.07) is 7.54. The summed E-state index contributed by atoms with van der Waals surface area (Å²) < 4.78 is 0.937. The summed E-state index contributed by atoms with van der Waals surface area (Å²) in [7, 11) is 0. The number of carboxylic acids is 1. The van der Waals surface area contributed by atoms with E-state index in [1.54, 1.807) is 6.92 Å². The SMILES string of the molecule is CC(CNC(=O)Cc1cccc(Br)c1)CC(=O)O. The molecule has 1 aromatic carbocycles. The van der Waals surface area contributed by atoms with Crippen molar-refractivity contribution in [1.82, 2.24) is 5.32 Å². The molecule has 0 spiro atoms. The quantitative estimate of drug-likeness (QED) is 0.846. The first-order valence-corrected chi connectivity index (χ1v) is 6.49. The third-order valence-corrected chi connectivity index (χ3v) is 2.92. The van der Waals surface area contributed by atoms with Crippen molar-refractivity contribution in [3.05, 3.63) is 34.3 Å². The molecule has 1 aromatic rings. The molecule has 0 saturated carbocycles. The van der Waals surface area contributed by atoms with Gasteiger partial charge in [-0.3, -0.25) is 9.59 Å². The van der Waals surface area contributed by atoms with Crippen LogP contribution in [0.5, 0.6) is 0 Å². The molecule has 18 heavy (non-hydrogen) atoms. The van der Waals surface area contributed by atoms with Crippen molar-refractivity contribution in [1.29, 1.82) is 0 Å². The van der Waals surface area contributed by atoms with Crippen LogP contribution in [0.25, 0.3) is 0 Å². The van der Waals surface area contributed by atoms with Gasteiger partial charge in [-0.2, -0.15) is 0 Å². The van der Waals surface area contributed by atoms with Gasteiger partial charge in [0.25, 0.3) is 0 Å². The second kappa shape index (κ2) is 7.16. The maximum absolute atomic E-state index is 11.6. The van der Waals surface area contributed by atoms with E-state index in [0.29, 0.717) is 13.0 Å². The highest BCUT2D eigenvalue weighted by Crippen LogP contribution is 2.12. The van der Waals surface area contributed by atoms with Crippen LogP contribution in [-0.4, -0.2) is 23.5 Å². The Bertz CT molecular complexity index is 434. The normalized spacial score (nSPS) is 11.9. The topological polar surface area (TPSA) is 66.4 Å². The molecule has 4 nitrogen and oxygen atoms in total. The van der Waals surface area contributed by atoms with Gasteiger partial charge in [0.15, 0.2) is 0 Å². The lowest BCUT2D eigenvalue weighted by Crippen LogP contribution is -2.30. The first kappa shape index (κ1) is 14.7. The van der Waals surface area contributed by atoms with E-state index in [1.165, 1.54) is 0 Å². The van der Waals surface area contributed by atoms with E-state index in [9.17, 15) is 9.59 Å². The maximum atomic E-state index is 11.6. The van der Waals surface area contributed by atoms with Gasteiger partial charge in [-0.25, -0.2) is 0 Å². The number of hydrogen-bond donors (Lipinski definition) is 2. The molecule has 1 rings (SSSR count). The molecule has 0 aliphatic rings. The fourth-order valence-corrected chi connectivity index (χ4v) is 2.00. The summed E-state index contributed by atoms with van der Waals surface area (Å²) in [6.45, 7) is 2.19. The number of hydrogen-bond acceptors (Lipinski definition) is 2. The second-order valence-electron chi connectivity index (χ2n) is 4.31. The van der Waals surface area contributed by atoms with E-state index in [2.05, 4.69) is 21.2 Å². The zero-order chi connectivity index (χ0) is 13.5. The van der Waals surface area contributed by atoms with Gasteiger partial charge in [-0.05, 0) is 23.6 Å². The molecule has 0 bridgehead atoms. The molecule has 0 aromatic heterocycles.